The predicted octanol–water partition coefficient (Wildman–Crippen LogP) is 19.1. The topological polar surface area (TPSA) is 303 Å². The lowest BCUT2D eigenvalue weighted by Gasteiger charge is -2.39. The molecule has 5 unspecified atom stereocenters. The summed E-state index contributed by atoms with van der Waals surface area (Å²) in [5, 5.41) is 106. The van der Waals surface area contributed by atoms with E-state index in [0.717, 1.165) is 133 Å². The van der Waals surface area contributed by atoms with Crippen LogP contribution in [0.25, 0.3) is 11.3 Å². The number of ether oxygens (including phenoxy) is 1. The molecule has 11 rings (SSSR count). The third kappa shape index (κ3) is 37.8. The molecule has 0 spiro atoms. The van der Waals surface area contributed by atoms with Gasteiger partial charge in [0.2, 0.25) is 14.1 Å². The van der Waals surface area contributed by atoms with Gasteiger partial charge in [-0.3, -0.25) is 14.4 Å². The number of alkyl halides is 1. The number of carbonyl (C=O) groups excluding carboxylic acids is 3. The number of nitrogens with zero attached hydrogens (tertiary/aromatic N) is 3. The maximum absolute atomic E-state index is 12.7. The van der Waals surface area contributed by atoms with Gasteiger partial charge in [-0.1, -0.05) is 152 Å². The summed E-state index contributed by atoms with van der Waals surface area (Å²) in [5.74, 6) is 35.6. The molecule has 1 fully saturated rings. The van der Waals surface area contributed by atoms with Crippen molar-refractivity contribution in [1.29, 1.82) is 0 Å². The molecular formula is C107H98BrClI3N3O15Si. The van der Waals surface area contributed by atoms with E-state index in [1.54, 1.807) is 72.8 Å². The van der Waals surface area contributed by atoms with Gasteiger partial charge >= 0.3 is 0 Å². The highest BCUT2D eigenvalue weighted by Gasteiger charge is 2.45. The number of aromatic nitrogens is 3. The van der Waals surface area contributed by atoms with E-state index in [-0.39, 0.29) is 30.8 Å². The number of carbonyl (C=O) groups is 3. The Morgan fingerprint density at radius 1 is 0.504 bits per heavy atom. The summed E-state index contributed by atoms with van der Waals surface area (Å²) >= 11 is 15.6. The van der Waals surface area contributed by atoms with E-state index in [1.165, 1.54) is 21.6 Å². The number of ketones is 2. The smallest absolute Gasteiger partial charge is 0.252 e. The monoisotopic (exact) mass is 2190 g/mol. The van der Waals surface area contributed by atoms with E-state index in [2.05, 4.69) is 228 Å². The van der Waals surface area contributed by atoms with Gasteiger partial charge in [-0.05, 0) is 300 Å². The molecule has 1 aromatic heterocycles. The second kappa shape index (κ2) is 57.5. The molecule has 1 aliphatic rings. The molecule has 24 heteroatoms. The molecule has 10 N–H and O–H groups in total. The Morgan fingerprint density at radius 3 is 1.23 bits per heavy atom. The van der Waals surface area contributed by atoms with Crippen molar-refractivity contribution in [2.75, 3.05) is 11.9 Å². The van der Waals surface area contributed by atoms with E-state index in [4.69, 9.17) is 78.6 Å². The van der Waals surface area contributed by atoms with E-state index < -0.39 is 91.1 Å². The summed E-state index contributed by atoms with van der Waals surface area (Å²) in [6.07, 6.45) is 46.7. The van der Waals surface area contributed by atoms with Crippen LogP contribution >= 0.6 is 95.3 Å². The summed E-state index contributed by atoms with van der Waals surface area (Å²) in [6, 6.07) is 41.3. The number of rotatable bonds is 14. The van der Waals surface area contributed by atoms with Gasteiger partial charge < -0.3 is 60.2 Å². The second-order valence-corrected chi connectivity index (χ2v) is 38.4. The minimum Gasteiger partial charge on any atom is -0.544 e. The summed E-state index contributed by atoms with van der Waals surface area (Å²) in [5.41, 5.74) is 14.3. The minimum absolute atomic E-state index is 0. The first kappa shape index (κ1) is 113. The molecule has 131 heavy (non-hydrogen) atoms. The standard InChI is InChI=1S/C27H33N3O9.C21H14O4.C14H10.C12H17ClO2Si.2C12H6.C6H3I3.C2H5Br.CH4/c1-2-3-4-14-7-15(5-6-19(32)17-10-20(33)23(35)21(34)11-17)9-16(8-14)18-12-30(29-28-18)27-26(38)25(37)24(36)22(13-31)39-27;1-3-5-6-15-9-14(4-2)10-16(11-15)7-8-18(22)17-12-19(23)21(25)20(24)13-17;1-4-7-8-14-10-12(5-2)9-13(6-3)11-14;1-8-6-10(12(13)14)7-11(9(8)2)15-16(3,4)5;2*1-4-10-7-11(5-2)9-12(6-3)8-10;7-4-1-5(8)3-6(9)2-4;1-2-3;/h7-12,22,24-27,31,33-38H,2-6,13H2,1H3;2,9-13,23-25H,3H2,1H3;2-3,9-11H,4H2,1H3;6-7H,1-5H3;2*1-3,7-9H;1-3H;2H2,1H3;1H4. The Bertz CT molecular complexity index is 5980. The largest absolute Gasteiger partial charge is 0.544 e. The summed E-state index contributed by atoms with van der Waals surface area (Å²) in [7, 11) is -1.66. The number of aromatic hydroxyl groups is 6. The number of phenolic OH excluding ortho intramolecular Hbond substituents is 6. The maximum Gasteiger partial charge on any atom is 0.252 e. The van der Waals surface area contributed by atoms with Crippen LogP contribution in [0.1, 0.15) is 194 Å². The highest BCUT2D eigenvalue weighted by Crippen LogP contribution is 2.38. The summed E-state index contributed by atoms with van der Waals surface area (Å²) < 4.78 is 16.6. The molecule has 0 amide bonds. The molecule has 0 bridgehead atoms. The van der Waals surface area contributed by atoms with Crippen molar-refractivity contribution in [2.24, 2.45) is 0 Å². The van der Waals surface area contributed by atoms with E-state index >= 15 is 0 Å². The van der Waals surface area contributed by atoms with E-state index in [9.17, 15) is 65.4 Å². The van der Waals surface area contributed by atoms with Crippen molar-refractivity contribution >= 4 is 120 Å². The Balaban J connectivity index is 0.000000416. The Kier molecular flexibility index (Phi) is 49.4. The predicted molar refractivity (Wildman–Crippen MR) is 552 cm³/mol. The first-order valence-electron chi connectivity index (χ1n) is 39.7. The quantitative estimate of drug-likeness (QED) is 0.00920. The first-order valence-corrected chi connectivity index (χ1v) is 47.8. The Morgan fingerprint density at radius 2 is 0.870 bits per heavy atom. The van der Waals surface area contributed by atoms with Crippen LogP contribution in [-0.4, -0.2) is 128 Å². The van der Waals surface area contributed by atoms with Crippen LogP contribution in [0.15, 0.2) is 152 Å². The zero-order chi connectivity index (χ0) is 97.1. The fourth-order valence-electron chi connectivity index (χ4n) is 11.3. The van der Waals surface area contributed by atoms with Crippen LogP contribution < -0.4 is 4.43 Å². The number of aryl methyl sites for hydroxylation is 3. The normalized spacial score (nSPS) is 13.1. The van der Waals surface area contributed by atoms with Gasteiger partial charge in [0, 0.05) is 124 Å². The molecule has 0 aliphatic carbocycles. The number of aliphatic hydroxyl groups excluding tert-OH is 4. The number of phenols is 6. The number of terminal acetylenes is 9. The number of benzene rings is 9. The van der Waals surface area contributed by atoms with Crippen LogP contribution in [0, 0.1) is 171 Å². The van der Waals surface area contributed by atoms with Crippen molar-refractivity contribution in [1.82, 2.24) is 15.0 Å². The minimum atomic E-state index is -1.66. The van der Waals surface area contributed by atoms with Gasteiger partial charge in [0.25, 0.3) is 5.24 Å². The second-order valence-electron chi connectivity index (χ2n) is 28.7. The molecule has 0 radical (unpaired) electrons. The lowest BCUT2D eigenvalue weighted by Crippen LogP contribution is -2.56. The first-order chi connectivity index (χ1) is 61.7. The van der Waals surface area contributed by atoms with Gasteiger partial charge in [0.05, 0.1) is 12.8 Å². The molecular weight excluding hydrogens is 2090 g/mol. The van der Waals surface area contributed by atoms with E-state index in [0.29, 0.717) is 46.4 Å². The molecule has 10 aromatic rings. The average Bonchev–Trinajstić information content (AvgIpc) is 1.71. The molecule has 5 atom stereocenters. The van der Waals surface area contributed by atoms with Crippen LogP contribution in [0.5, 0.6) is 40.2 Å². The van der Waals surface area contributed by atoms with Crippen molar-refractivity contribution in [3.8, 4) is 198 Å². The zero-order valence-electron chi connectivity index (χ0n) is 72.6. The lowest BCUT2D eigenvalue weighted by atomic mass is 9.96. The molecule has 2 heterocycles. The van der Waals surface area contributed by atoms with Gasteiger partial charge in [-0.15, -0.1) is 62.9 Å². The van der Waals surface area contributed by atoms with Crippen molar-refractivity contribution in [3.05, 3.63) is 268 Å². The molecule has 9 aromatic carbocycles. The van der Waals surface area contributed by atoms with Gasteiger partial charge in [0.15, 0.2) is 46.5 Å². The van der Waals surface area contributed by atoms with Crippen molar-refractivity contribution < 1.29 is 74.6 Å². The van der Waals surface area contributed by atoms with Gasteiger partial charge in [-0.25, -0.2) is 4.68 Å². The van der Waals surface area contributed by atoms with Crippen molar-refractivity contribution in [3.63, 3.8) is 0 Å². The third-order valence-electron chi connectivity index (χ3n) is 17.6. The van der Waals surface area contributed by atoms with Gasteiger partial charge in [-0.2, -0.15) is 0 Å². The average molecular weight is 2190 g/mol. The highest BCUT2D eigenvalue weighted by molar-refractivity contribution is 14.1. The number of halogens is 5. The number of unbranched alkanes of at least 4 members (excludes halogenated alkanes) is 1. The fourth-order valence-corrected chi connectivity index (χ4v) is 16.1. The Hall–Kier alpha value is -12.6. The Labute approximate surface area is 824 Å². The summed E-state index contributed by atoms with van der Waals surface area (Å²) in [4.78, 5) is 36.0. The third-order valence-corrected chi connectivity index (χ3v) is 20.6. The van der Waals surface area contributed by atoms with Crippen LogP contribution in [-0.2, 0) is 17.6 Å². The molecule has 1 saturated heterocycles. The molecule has 0 saturated carbocycles. The number of Topliss-reactive ketones (excluding diaryl/α,β-unsaturated/α-hetero) is 2. The maximum atomic E-state index is 12.7. The number of aliphatic hydroxyl groups is 4. The SMILES string of the molecule is C.C#Cc1cc(C#C)cc(C#C)c1.C#Cc1cc(C#C)cc(C#C)c1.C#Cc1cc(C#C)cc(C#CCC)c1.C#Cc1cc(C#CCC)cc(C#CC(=O)c2cc(O)c(O)c(O)c2)c1.CCBr.CCCCc1cc(CCC(=O)c2cc(O)c(O)c(O)c2)cc(-c2cn(C3OC(CO)C(O)C(O)C3O)nn2)c1.Cc1cc(C(=O)Cl)cc(O[Si](C)(C)C)c1C.Ic1cc(I)cc(I)c1. The molecule has 18 nitrogen and oxygen atoms in total. The fraction of sp³-hybridized carbons (Fsp3) is 0.224. The highest BCUT2D eigenvalue weighted by atomic mass is 127. The lowest BCUT2D eigenvalue weighted by molar-refractivity contribution is -0.254. The summed E-state index contributed by atoms with van der Waals surface area (Å²) in [6.45, 7) is 17.8. The zero-order valence-corrected chi connectivity index (χ0v) is 82.4. The molecule has 670 valence electrons. The van der Waals surface area contributed by atoms with Gasteiger partial charge in [0.1, 0.15) is 35.9 Å². The van der Waals surface area contributed by atoms with E-state index in [1.807, 2.05) is 65.0 Å². The van der Waals surface area contributed by atoms with Crippen LogP contribution in [0.4, 0.5) is 0 Å². The van der Waals surface area contributed by atoms with Crippen molar-refractivity contribution in [2.45, 2.75) is 144 Å². The van der Waals surface area contributed by atoms with Crippen LogP contribution in [0.3, 0.4) is 0 Å². The van der Waals surface area contributed by atoms with Crippen LogP contribution in [0.2, 0.25) is 19.6 Å². The number of hydrogen-bond donors (Lipinski definition) is 10. The number of hydrogen-bond acceptors (Lipinski definition) is 17. The molecule has 1 aliphatic heterocycles.